The molecule has 176 valence electrons. The Morgan fingerprint density at radius 1 is 1.28 bits per heavy atom. The molecule has 6 heteroatoms. The minimum absolute atomic E-state index is 0.000867. The van der Waals surface area contributed by atoms with Gasteiger partial charge in [0.15, 0.2) is 8.32 Å². The molecule has 2 rings (SSSR count). The van der Waals surface area contributed by atoms with Gasteiger partial charge >= 0.3 is 6.09 Å². The molecule has 0 unspecified atom stereocenters. The molecule has 1 saturated heterocycles. The smallest absolute Gasteiger partial charge is 0.417 e. The van der Waals surface area contributed by atoms with Gasteiger partial charge in [-0.15, -0.1) is 13.2 Å². The molecule has 0 N–H and O–H groups in total. The molecule has 0 bridgehead atoms. The Balaban J connectivity index is 2.28. The van der Waals surface area contributed by atoms with Crippen molar-refractivity contribution >= 4 is 20.3 Å². The summed E-state index contributed by atoms with van der Waals surface area (Å²) in [7, 11) is -2.15. The summed E-state index contributed by atoms with van der Waals surface area (Å²) in [6.45, 7) is 18.9. The number of benzene rings is 1. The highest BCUT2D eigenvalue weighted by Crippen LogP contribution is 2.39. The molecule has 0 aliphatic carbocycles. The number of allylic oxidation sites excluding steroid dienone is 1. The van der Waals surface area contributed by atoms with E-state index in [1.807, 2.05) is 36.4 Å². The Morgan fingerprint density at radius 2 is 1.94 bits per heavy atom. The maximum absolute atomic E-state index is 13.7. The normalized spacial score (nSPS) is 18.7. The van der Waals surface area contributed by atoms with Crippen LogP contribution in [0, 0.1) is 5.92 Å². The standard InChI is InChI=1S/C26H39NO4Si/c1-8-10-12-17-23(31-32(6,7)26(3,4)5)22(9-2)24(28)27-21(19-30-25(27)29)18-20-15-13-11-14-16-20/h8-9,11,13-16,21-23H,1-2,10,12,17-19H2,3-7H3/t21-,22-,23+/m0/s1. The molecule has 1 fully saturated rings. The number of carbonyl (C=O) groups excluding carboxylic acids is 2. The van der Waals surface area contributed by atoms with Gasteiger partial charge in [0.1, 0.15) is 6.61 Å². The quantitative estimate of drug-likeness (QED) is 0.228. The zero-order valence-corrected chi connectivity index (χ0v) is 21.3. The number of amides is 2. The molecular weight excluding hydrogens is 418 g/mol. The van der Waals surface area contributed by atoms with Crippen molar-refractivity contribution < 1.29 is 18.8 Å². The molecule has 1 aliphatic rings. The summed E-state index contributed by atoms with van der Waals surface area (Å²) in [6, 6.07) is 9.51. The summed E-state index contributed by atoms with van der Waals surface area (Å²) in [5.41, 5.74) is 1.06. The van der Waals surface area contributed by atoms with Crippen molar-refractivity contribution in [3.05, 3.63) is 61.2 Å². The Hall–Kier alpha value is -2.18. The highest BCUT2D eigenvalue weighted by molar-refractivity contribution is 6.74. The van der Waals surface area contributed by atoms with Gasteiger partial charge in [0.25, 0.3) is 0 Å². The first-order chi connectivity index (χ1) is 15.0. The lowest BCUT2D eigenvalue weighted by Crippen LogP contribution is -2.50. The van der Waals surface area contributed by atoms with E-state index in [0.29, 0.717) is 12.8 Å². The summed E-state index contributed by atoms with van der Waals surface area (Å²) in [6.07, 6.45) is 5.56. The molecule has 0 aromatic heterocycles. The number of ether oxygens (including phenoxy) is 1. The van der Waals surface area contributed by atoms with E-state index in [1.165, 1.54) is 4.90 Å². The van der Waals surface area contributed by atoms with Crippen LogP contribution in [0.5, 0.6) is 0 Å². The van der Waals surface area contributed by atoms with Gasteiger partial charge < -0.3 is 9.16 Å². The first-order valence-corrected chi connectivity index (χ1v) is 14.4. The van der Waals surface area contributed by atoms with E-state index < -0.39 is 20.3 Å². The largest absolute Gasteiger partial charge is 0.447 e. The zero-order valence-electron chi connectivity index (χ0n) is 20.3. The van der Waals surface area contributed by atoms with E-state index in [4.69, 9.17) is 9.16 Å². The highest BCUT2D eigenvalue weighted by atomic mass is 28.4. The van der Waals surface area contributed by atoms with E-state index in [0.717, 1.165) is 18.4 Å². The molecule has 5 nitrogen and oxygen atoms in total. The van der Waals surface area contributed by atoms with Gasteiger partial charge in [-0.25, -0.2) is 9.69 Å². The van der Waals surface area contributed by atoms with Crippen LogP contribution in [0.25, 0.3) is 0 Å². The average molecular weight is 458 g/mol. The number of carbonyl (C=O) groups is 2. The number of hydrogen-bond donors (Lipinski definition) is 0. The molecule has 3 atom stereocenters. The molecule has 1 aromatic rings. The average Bonchev–Trinajstić information content (AvgIpc) is 3.08. The van der Waals surface area contributed by atoms with Gasteiger partial charge in [-0.05, 0) is 49.4 Å². The summed E-state index contributed by atoms with van der Waals surface area (Å²) in [5, 5.41) is 0.000867. The summed E-state index contributed by atoms with van der Waals surface area (Å²) >= 11 is 0. The lowest BCUT2D eigenvalue weighted by molar-refractivity contribution is -0.134. The van der Waals surface area contributed by atoms with Crippen LogP contribution in [0.3, 0.4) is 0 Å². The first kappa shape index (κ1) is 26.1. The SMILES string of the molecule is C=CCCC[C@@H](O[Si](C)(C)C(C)(C)C)[C@H](C=C)C(=O)N1C(=O)OC[C@@H]1Cc1ccccc1. The van der Waals surface area contributed by atoms with Gasteiger partial charge in [-0.1, -0.05) is 63.3 Å². The fourth-order valence-corrected chi connectivity index (χ4v) is 5.04. The predicted molar refractivity (Wildman–Crippen MR) is 132 cm³/mol. The fourth-order valence-electron chi connectivity index (χ4n) is 3.67. The van der Waals surface area contributed by atoms with Crippen LogP contribution in [0.4, 0.5) is 4.79 Å². The van der Waals surface area contributed by atoms with Crippen molar-refractivity contribution in [1.82, 2.24) is 4.90 Å². The Morgan fingerprint density at radius 3 is 2.50 bits per heavy atom. The predicted octanol–water partition coefficient (Wildman–Crippen LogP) is 6.13. The number of nitrogens with zero attached hydrogens (tertiary/aromatic N) is 1. The van der Waals surface area contributed by atoms with E-state index >= 15 is 0 Å². The number of rotatable bonds is 11. The van der Waals surface area contributed by atoms with Crippen LogP contribution in [0.1, 0.15) is 45.6 Å². The number of hydrogen-bond acceptors (Lipinski definition) is 4. The van der Waals surface area contributed by atoms with E-state index in [-0.39, 0.29) is 29.7 Å². The molecule has 0 radical (unpaired) electrons. The van der Waals surface area contributed by atoms with Gasteiger partial charge in [0.05, 0.1) is 18.1 Å². The highest BCUT2D eigenvalue weighted by Gasteiger charge is 2.45. The lowest BCUT2D eigenvalue weighted by atomic mass is 9.95. The first-order valence-electron chi connectivity index (χ1n) is 11.5. The lowest BCUT2D eigenvalue weighted by Gasteiger charge is -2.41. The molecular formula is C26H39NO4Si. The van der Waals surface area contributed by atoms with Crippen LogP contribution < -0.4 is 0 Å². The maximum Gasteiger partial charge on any atom is 0.417 e. The summed E-state index contributed by atoms with van der Waals surface area (Å²) in [4.78, 5) is 27.5. The van der Waals surface area contributed by atoms with Crippen LogP contribution in [-0.4, -0.2) is 44.0 Å². The van der Waals surface area contributed by atoms with E-state index in [1.54, 1.807) is 6.08 Å². The minimum atomic E-state index is -2.15. The minimum Gasteiger partial charge on any atom is -0.447 e. The molecule has 0 saturated carbocycles. The zero-order chi connectivity index (χ0) is 23.9. The van der Waals surface area contributed by atoms with Crippen LogP contribution >= 0.6 is 0 Å². The number of imide groups is 1. The van der Waals surface area contributed by atoms with E-state index in [2.05, 4.69) is 47.0 Å². The third-order valence-electron chi connectivity index (χ3n) is 6.60. The Bertz CT molecular complexity index is 800. The molecule has 32 heavy (non-hydrogen) atoms. The van der Waals surface area contributed by atoms with Gasteiger partial charge in [-0.2, -0.15) is 0 Å². The number of cyclic esters (lactones) is 1. The van der Waals surface area contributed by atoms with Crippen molar-refractivity contribution in [2.75, 3.05) is 6.61 Å². The van der Waals surface area contributed by atoms with Crippen molar-refractivity contribution in [2.45, 2.75) is 76.7 Å². The van der Waals surface area contributed by atoms with Crippen molar-refractivity contribution in [3.63, 3.8) is 0 Å². The van der Waals surface area contributed by atoms with Gasteiger partial charge in [0, 0.05) is 0 Å². The fraction of sp³-hybridized carbons (Fsp3) is 0.538. The van der Waals surface area contributed by atoms with Crippen molar-refractivity contribution in [3.8, 4) is 0 Å². The molecule has 1 aromatic carbocycles. The maximum atomic E-state index is 13.7. The summed E-state index contributed by atoms with van der Waals surface area (Å²) in [5.74, 6) is -0.899. The van der Waals surface area contributed by atoms with Crippen LogP contribution in [0.15, 0.2) is 55.6 Å². The van der Waals surface area contributed by atoms with Crippen LogP contribution in [-0.2, 0) is 20.4 Å². The van der Waals surface area contributed by atoms with Crippen molar-refractivity contribution in [1.29, 1.82) is 0 Å². The second-order valence-corrected chi connectivity index (χ2v) is 14.8. The van der Waals surface area contributed by atoms with Crippen molar-refractivity contribution in [2.24, 2.45) is 5.92 Å². The number of unbranched alkanes of at least 4 members (excludes halogenated alkanes) is 1. The molecule has 1 aliphatic heterocycles. The third kappa shape index (κ3) is 6.42. The molecule has 2 amide bonds. The summed E-state index contributed by atoms with van der Waals surface area (Å²) < 4.78 is 12.0. The monoisotopic (exact) mass is 457 g/mol. The molecule has 0 spiro atoms. The second kappa shape index (κ2) is 11.1. The Labute approximate surface area is 194 Å². The van der Waals surface area contributed by atoms with Crippen LogP contribution in [0.2, 0.25) is 18.1 Å². The Kier molecular flexibility index (Phi) is 9.05. The third-order valence-corrected chi connectivity index (χ3v) is 11.1. The topological polar surface area (TPSA) is 55.8 Å². The van der Waals surface area contributed by atoms with E-state index in [9.17, 15) is 9.59 Å². The second-order valence-electron chi connectivity index (χ2n) is 10.0. The van der Waals surface area contributed by atoms with Gasteiger partial charge in [0.2, 0.25) is 5.91 Å². The van der Waals surface area contributed by atoms with Gasteiger partial charge in [-0.3, -0.25) is 4.79 Å². The molecule has 1 heterocycles.